The summed E-state index contributed by atoms with van der Waals surface area (Å²) in [6.45, 7) is 0.762. The predicted molar refractivity (Wildman–Crippen MR) is 104 cm³/mol. The maximum Gasteiger partial charge on any atom is 0.313 e. The second-order valence-corrected chi connectivity index (χ2v) is 8.13. The van der Waals surface area contributed by atoms with E-state index in [0.29, 0.717) is 12.8 Å². The lowest BCUT2D eigenvalue weighted by molar-refractivity contribution is -0.178. The molecule has 2 heterocycles. The molecule has 0 bridgehead atoms. The van der Waals surface area contributed by atoms with Crippen LogP contribution in [0.2, 0.25) is 0 Å². The number of hydrogen-bond donors (Lipinski definition) is 0. The van der Waals surface area contributed by atoms with Crippen LogP contribution in [0.1, 0.15) is 56.9 Å². The monoisotopic (exact) mass is 384 g/mol. The molecule has 0 amide bonds. The van der Waals surface area contributed by atoms with Crippen LogP contribution in [0, 0.1) is 5.92 Å². The van der Waals surface area contributed by atoms with E-state index in [1.165, 1.54) is 0 Å². The van der Waals surface area contributed by atoms with E-state index in [1.807, 2.05) is 24.3 Å². The molecule has 5 heteroatoms. The van der Waals surface area contributed by atoms with E-state index >= 15 is 0 Å². The second kappa shape index (κ2) is 8.48. The first-order valence-electron chi connectivity index (χ1n) is 10.4. The van der Waals surface area contributed by atoms with Gasteiger partial charge in [0, 0.05) is 18.8 Å². The standard InChI is InChI=1S/C23H28O5/c24-19-15-21(25)28-23(16-19,18-5-1-2-6-18)13-12-17-8-10-20(11-9-17)27-22-7-3-4-14-26-22/h1-2,8-11,18,22H,3-7,12-16H2. The average Bonchev–Trinajstić information content (AvgIpc) is 3.23. The highest BCUT2D eigenvalue weighted by Gasteiger charge is 2.46. The molecule has 150 valence electrons. The van der Waals surface area contributed by atoms with Crippen LogP contribution in [0.5, 0.6) is 5.75 Å². The zero-order chi connectivity index (χ0) is 19.4. The number of ketones is 1. The van der Waals surface area contributed by atoms with Gasteiger partial charge in [0.1, 0.15) is 23.6 Å². The molecule has 2 atom stereocenters. The molecule has 0 radical (unpaired) electrons. The van der Waals surface area contributed by atoms with Crippen LogP contribution in [0.4, 0.5) is 0 Å². The lowest BCUT2D eigenvalue weighted by Crippen LogP contribution is -2.48. The maximum atomic E-state index is 12.1. The third-order valence-corrected chi connectivity index (χ3v) is 6.07. The maximum absolute atomic E-state index is 12.1. The van der Waals surface area contributed by atoms with E-state index in [4.69, 9.17) is 14.2 Å². The number of ether oxygens (including phenoxy) is 3. The molecule has 2 fully saturated rings. The minimum absolute atomic E-state index is 0.000574. The van der Waals surface area contributed by atoms with E-state index in [2.05, 4.69) is 12.2 Å². The summed E-state index contributed by atoms with van der Waals surface area (Å²) in [6, 6.07) is 8.03. The summed E-state index contributed by atoms with van der Waals surface area (Å²) >= 11 is 0. The predicted octanol–water partition coefficient (Wildman–Crippen LogP) is 4.14. The lowest BCUT2D eigenvalue weighted by atomic mass is 9.75. The van der Waals surface area contributed by atoms with Crippen LogP contribution in [0.15, 0.2) is 36.4 Å². The summed E-state index contributed by atoms with van der Waals surface area (Å²) in [5.74, 6) is 0.634. The second-order valence-electron chi connectivity index (χ2n) is 8.13. The van der Waals surface area contributed by atoms with Gasteiger partial charge in [-0.2, -0.15) is 0 Å². The fourth-order valence-corrected chi connectivity index (χ4v) is 4.52. The molecule has 2 unspecified atom stereocenters. The van der Waals surface area contributed by atoms with Crippen LogP contribution in [-0.4, -0.2) is 30.3 Å². The van der Waals surface area contributed by atoms with Crippen LogP contribution < -0.4 is 4.74 Å². The van der Waals surface area contributed by atoms with Crippen molar-refractivity contribution in [2.45, 2.75) is 69.7 Å². The van der Waals surface area contributed by atoms with Crippen molar-refractivity contribution in [3.05, 3.63) is 42.0 Å². The molecule has 0 spiro atoms. The van der Waals surface area contributed by atoms with E-state index in [-0.39, 0.29) is 30.4 Å². The van der Waals surface area contributed by atoms with Gasteiger partial charge in [-0.3, -0.25) is 9.59 Å². The number of Topliss-reactive ketones (excluding diaryl/α,β-unsaturated/α-hetero) is 1. The fraction of sp³-hybridized carbons (Fsp3) is 0.565. The van der Waals surface area contributed by atoms with Gasteiger partial charge in [0.15, 0.2) is 6.29 Å². The van der Waals surface area contributed by atoms with Gasteiger partial charge in [0.2, 0.25) is 0 Å². The van der Waals surface area contributed by atoms with Crippen molar-refractivity contribution < 1.29 is 23.8 Å². The van der Waals surface area contributed by atoms with E-state index in [9.17, 15) is 9.59 Å². The number of cyclic esters (lactones) is 1. The Morgan fingerprint density at radius 3 is 2.54 bits per heavy atom. The summed E-state index contributed by atoms with van der Waals surface area (Å²) in [4.78, 5) is 24.1. The summed E-state index contributed by atoms with van der Waals surface area (Å²) in [6.07, 6.45) is 10.7. The van der Waals surface area contributed by atoms with Crippen molar-refractivity contribution in [1.82, 2.24) is 0 Å². The summed E-state index contributed by atoms with van der Waals surface area (Å²) in [5, 5.41) is 0. The minimum Gasteiger partial charge on any atom is -0.465 e. The zero-order valence-electron chi connectivity index (χ0n) is 16.2. The van der Waals surface area contributed by atoms with Crippen molar-refractivity contribution >= 4 is 11.8 Å². The van der Waals surface area contributed by atoms with Gasteiger partial charge in [-0.25, -0.2) is 0 Å². The van der Waals surface area contributed by atoms with Crippen LogP contribution >= 0.6 is 0 Å². The molecule has 3 aliphatic rings. The Kier molecular flexibility index (Phi) is 5.81. The molecule has 28 heavy (non-hydrogen) atoms. The van der Waals surface area contributed by atoms with Crippen LogP contribution in [-0.2, 0) is 25.5 Å². The van der Waals surface area contributed by atoms with Gasteiger partial charge in [0.25, 0.3) is 0 Å². The summed E-state index contributed by atoms with van der Waals surface area (Å²) < 4.78 is 17.3. The molecule has 2 aliphatic heterocycles. The number of esters is 1. The molecule has 1 aliphatic carbocycles. The molecule has 0 N–H and O–H groups in total. The Balaban J connectivity index is 1.39. The zero-order valence-corrected chi connectivity index (χ0v) is 16.2. The average molecular weight is 384 g/mol. The highest BCUT2D eigenvalue weighted by atomic mass is 16.7. The van der Waals surface area contributed by atoms with Gasteiger partial charge >= 0.3 is 5.97 Å². The van der Waals surface area contributed by atoms with E-state index in [0.717, 1.165) is 56.4 Å². The Bertz CT molecular complexity index is 706. The fourth-order valence-electron chi connectivity index (χ4n) is 4.52. The van der Waals surface area contributed by atoms with Gasteiger partial charge in [-0.15, -0.1) is 0 Å². The molecule has 0 aromatic heterocycles. The molecular weight excluding hydrogens is 356 g/mol. The molecule has 0 saturated carbocycles. The number of rotatable bonds is 6. The van der Waals surface area contributed by atoms with Gasteiger partial charge in [-0.05, 0) is 56.2 Å². The number of allylic oxidation sites excluding steroid dienone is 2. The Morgan fingerprint density at radius 2 is 1.86 bits per heavy atom. The molecule has 1 aromatic carbocycles. The minimum atomic E-state index is -0.666. The Labute approximate surface area is 166 Å². The van der Waals surface area contributed by atoms with Crippen molar-refractivity contribution in [1.29, 1.82) is 0 Å². The number of aryl methyl sites for hydroxylation is 1. The van der Waals surface area contributed by atoms with E-state index in [1.54, 1.807) is 0 Å². The summed E-state index contributed by atoms with van der Waals surface area (Å²) in [7, 11) is 0. The Morgan fingerprint density at radius 1 is 1.07 bits per heavy atom. The number of benzene rings is 1. The van der Waals surface area contributed by atoms with Crippen molar-refractivity contribution in [2.75, 3.05) is 6.61 Å². The largest absolute Gasteiger partial charge is 0.465 e. The topological polar surface area (TPSA) is 61.8 Å². The first kappa shape index (κ1) is 19.2. The number of carbonyl (C=O) groups excluding carboxylic acids is 2. The molecule has 1 aromatic rings. The first-order chi connectivity index (χ1) is 13.6. The third kappa shape index (κ3) is 4.46. The SMILES string of the molecule is O=C1CC(=O)OC(CCc2ccc(OC3CCCCO3)cc2)(C2CC=CC2)C1. The lowest BCUT2D eigenvalue weighted by Gasteiger charge is -2.41. The van der Waals surface area contributed by atoms with Gasteiger partial charge in [-0.1, -0.05) is 24.3 Å². The Hall–Kier alpha value is -2.14. The third-order valence-electron chi connectivity index (χ3n) is 6.07. The quantitative estimate of drug-likeness (QED) is 0.419. The van der Waals surface area contributed by atoms with Crippen LogP contribution in [0.25, 0.3) is 0 Å². The van der Waals surface area contributed by atoms with Crippen LogP contribution in [0.3, 0.4) is 0 Å². The molecular formula is C23H28O5. The highest BCUT2D eigenvalue weighted by Crippen LogP contribution is 2.41. The molecule has 2 saturated heterocycles. The van der Waals surface area contributed by atoms with Crippen molar-refractivity contribution in [3.63, 3.8) is 0 Å². The van der Waals surface area contributed by atoms with Crippen molar-refractivity contribution in [3.8, 4) is 5.75 Å². The molecule has 5 nitrogen and oxygen atoms in total. The van der Waals surface area contributed by atoms with Crippen molar-refractivity contribution in [2.24, 2.45) is 5.92 Å². The smallest absolute Gasteiger partial charge is 0.313 e. The van der Waals surface area contributed by atoms with Gasteiger partial charge in [0.05, 0.1) is 6.61 Å². The normalized spacial score (nSPS) is 28.4. The number of carbonyl (C=O) groups is 2. The van der Waals surface area contributed by atoms with Gasteiger partial charge < -0.3 is 14.2 Å². The number of hydrogen-bond acceptors (Lipinski definition) is 5. The van der Waals surface area contributed by atoms with E-state index < -0.39 is 5.60 Å². The highest BCUT2D eigenvalue weighted by molar-refractivity contribution is 5.98. The first-order valence-corrected chi connectivity index (χ1v) is 10.4. The summed E-state index contributed by atoms with van der Waals surface area (Å²) in [5.41, 5.74) is 0.484. The molecule has 4 rings (SSSR count).